The topological polar surface area (TPSA) is 80.0 Å². The second-order valence-corrected chi connectivity index (χ2v) is 5.61. The van der Waals surface area contributed by atoms with Crippen molar-refractivity contribution in [1.29, 1.82) is 0 Å². The molecule has 1 aliphatic heterocycles. The average molecular weight is 432 g/mol. The fourth-order valence-electron chi connectivity index (χ4n) is 2.27. The third-order valence-electron chi connectivity index (χ3n) is 3.57. The summed E-state index contributed by atoms with van der Waals surface area (Å²) in [5, 5.41) is 3.08. The number of amides is 1. The highest BCUT2D eigenvalue weighted by Gasteiger charge is 2.14. The molecule has 0 saturated carbocycles. The Balaban J connectivity index is 0.00000264. The molecule has 0 radical (unpaired) electrons. The summed E-state index contributed by atoms with van der Waals surface area (Å²) in [7, 11) is 3.47. The van der Waals surface area contributed by atoms with Crippen LogP contribution < -0.4 is 11.1 Å². The first kappa shape index (κ1) is 19.7. The average Bonchev–Trinajstić information content (AvgIpc) is 3.04. The number of benzene rings is 1. The third-order valence-corrected chi connectivity index (χ3v) is 3.57. The molecule has 1 unspecified atom stereocenters. The predicted octanol–water partition coefficient (Wildman–Crippen LogP) is 1.59. The zero-order valence-electron chi connectivity index (χ0n) is 13.6. The molecule has 1 saturated heterocycles. The lowest BCUT2D eigenvalue weighted by atomic mass is 10.1. The summed E-state index contributed by atoms with van der Waals surface area (Å²) < 4.78 is 5.51. The monoisotopic (exact) mass is 432 g/mol. The molecular weight excluding hydrogens is 407 g/mol. The number of carbonyl (C=O) groups excluding carboxylic acids is 1. The van der Waals surface area contributed by atoms with Crippen molar-refractivity contribution in [3.63, 3.8) is 0 Å². The van der Waals surface area contributed by atoms with E-state index in [-0.39, 0.29) is 36.0 Å². The summed E-state index contributed by atoms with van der Waals surface area (Å²) in [5.41, 5.74) is 7.52. The van der Waals surface area contributed by atoms with E-state index >= 15 is 0 Å². The lowest BCUT2D eigenvalue weighted by Crippen LogP contribution is -2.37. The fourth-order valence-corrected chi connectivity index (χ4v) is 2.27. The van der Waals surface area contributed by atoms with Crippen LogP contribution in [0.15, 0.2) is 29.3 Å². The molecule has 1 amide bonds. The maximum atomic E-state index is 11.8. The first-order valence-corrected chi connectivity index (χ1v) is 7.52. The molecule has 0 spiro atoms. The predicted molar refractivity (Wildman–Crippen MR) is 102 cm³/mol. The van der Waals surface area contributed by atoms with Gasteiger partial charge in [0.25, 0.3) is 5.91 Å². The van der Waals surface area contributed by atoms with Crippen molar-refractivity contribution in [3.8, 4) is 0 Å². The number of carbonyl (C=O) groups is 1. The Labute approximate surface area is 154 Å². The molecule has 1 fully saturated rings. The van der Waals surface area contributed by atoms with E-state index in [9.17, 15) is 4.79 Å². The molecule has 128 valence electrons. The standard InChI is InChI=1S/C16H24N4O2.HI/c1-20(2)15(21)13-7-5-12(6-8-13)10-18-16(17)19-11-14-4-3-9-22-14;/h5-8,14H,3-4,9-11H2,1-2H3,(H3,17,18,19);1H. The van der Waals surface area contributed by atoms with Crippen LogP contribution in [0, 0.1) is 0 Å². The molecule has 0 aromatic heterocycles. The van der Waals surface area contributed by atoms with Crippen molar-refractivity contribution in [3.05, 3.63) is 35.4 Å². The summed E-state index contributed by atoms with van der Waals surface area (Å²) in [6.07, 6.45) is 2.42. The summed E-state index contributed by atoms with van der Waals surface area (Å²) >= 11 is 0. The van der Waals surface area contributed by atoms with Crippen LogP contribution in [0.4, 0.5) is 0 Å². The van der Waals surface area contributed by atoms with Crippen LogP contribution in [0.5, 0.6) is 0 Å². The van der Waals surface area contributed by atoms with Crippen LogP contribution in [0.1, 0.15) is 28.8 Å². The van der Waals surface area contributed by atoms with Gasteiger partial charge in [-0.2, -0.15) is 0 Å². The van der Waals surface area contributed by atoms with Crippen LogP contribution in [0.3, 0.4) is 0 Å². The number of nitrogens with two attached hydrogens (primary N) is 1. The molecule has 1 aromatic rings. The van der Waals surface area contributed by atoms with Crippen LogP contribution in [-0.4, -0.2) is 50.1 Å². The highest BCUT2D eigenvalue weighted by atomic mass is 127. The van der Waals surface area contributed by atoms with Gasteiger partial charge in [-0.3, -0.25) is 4.79 Å². The highest BCUT2D eigenvalue weighted by molar-refractivity contribution is 14.0. The van der Waals surface area contributed by atoms with Gasteiger partial charge < -0.3 is 20.7 Å². The molecule has 6 nitrogen and oxygen atoms in total. The minimum absolute atomic E-state index is 0. The minimum Gasteiger partial charge on any atom is -0.376 e. The Hall–Kier alpha value is -1.35. The van der Waals surface area contributed by atoms with Gasteiger partial charge in [0.05, 0.1) is 12.6 Å². The van der Waals surface area contributed by atoms with Gasteiger partial charge in [0, 0.05) is 32.8 Å². The Bertz CT molecular complexity index is 525. The molecule has 3 N–H and O–H groups in total. The van der Waals surface area contributed by atoms with Crippen molar-refractivity contribution in [2.24, 2.45) is 10.7 Å². The van der Waals surface area contributed by atoms with Gasteiger partial charge in [-0.1, -0.05) is 12.1 Å². The summed E-state index contributed by atoms with van der Waals surface area (Å²) in [6, 6.07) is 7.41. The molecule has 1 heterocycles. The number of halogens is 1. The van der Waals surface area contributed by atoms with Crippen molar-refractivity contribution in [2.45, 2.75) is 25.5 Å². The lowest BCUT2D eigenvalue weighted by molar-refractivity contribution is 0.0827. The molecule has 23 heavy (non-hydrogen) atoms. The molecule has 1 aromatic carbocycles. The van der Waals surface area contributed by atoms with Crippen molar-refractivity contribution in [1.82, 2.24) is 10.2 Å². The second-order valence-electron chi connectivity index (χ2n) is 5.61. The fraction of sp³-hybridized carbons (Fsp3) is 0.500. The Morgan fingerprint density at radius 3 is 2.65 bits per heavy atom. The van der Waals surface area contributed by atoms with Crippen LogP contribution in [-0.2, 0) is 11.3 Å². The summed E-state index contributed by atoms with van der Waals surface area (Å²) in [5.74, 6) is 0.414. The number of rotatable bonds is 5. The van der Waals surface area contributed by atoms with Gasteiger partial charge in [-0.15, -0.1) is 24.0 Å². The third kappa shape index (κ3) is 6.34. The molecule has 7 heteroatoms. The SMILES string of the molecule is CN(C)C(=O)c1ccc(CN=C(N)NCC2CCCO2)cc1.I. The van der Waals surface area contributed by atoms with Gasteiger partial charge in [-0.25, -0.2) is 4.99 Å². The van der Waals surface area contributed by atoms with Crippen molar-refractivity contribution < 1.29 is 9.53 Å². The first-order chi connectivity index (χ1) is 10.6. The zero-order valence-corrected chi connectivity index (χ0v) is 15.9. The smallest absolute Gasteiger partial charge is 0.253 e. The molecule has 1 atom stereocenters. The number of nitrogens with zero attached hydrogens (tertiary/aromatic N) is 2. The highest BCUT2D eigenvalue weighted by Crippen LogP contribution is 2.10. The molecule has 0 bridgehead atoms. The number of nitrogens with one attached hydrogen (secondary N) is 1. The van der Waals surface area contributed by atoms with E-state index in [0.29, 0.717) is 24.6 Å². The number of aliphatic imine (C=N–C) groups is 1. The quantitative estimate of drug-likeness (QED) is 0.421. The number of hydrogen-bond donors (Lipinski definition) is 2. The van der Waals surface area contributed by atoms with E-state index in [1.807, 2.05) is 24.3 Å². The van der Waals surface area contributed by atoms with E-state index in [1.165, 1.54) is 0 Å². The van der Waals surface area contributed by atoms with E-state index in [0.717, 1.165) is 25.0 Å². The van der Waals surface area contributed by atoms with Crippen LogP contribution >= 0.6 is 24.0 Å². The van der Waals surface area contributed by atoms with Gasteiger partial charge in [0.2, 0.25) is 0 Å². The van der Waals surface area contributed by atoms with Crippen LogP contribution in [0.25, 0.3) is 0 Å². The van der Waals surface area contributed by atoms with E-state index in [1.54, 1.807) is 19.0 Å². The van der Waals surface area contributed by atoms with Gasteiger partial charge >= 0.3 is 0 Å². The van der Waals surface area contributed by atoms with E-state index in [4.69, 9.17) is 10.5 Å². The lowest BCUT2D eigenvalue weighted by Gasteiger charge is -2.11. The molecule has 2 rings (SSSR count). The Kier molecular flexibility index (Phi) is 8.32. The Morgan fingerprint density at radius 1 is 1.39 bits per heavy atom. The molecular formula is C16H25IN4O2. The normalized spacial score (nSPS) is 17.5. The zero-order chi connectivity index (χ0) is 15.9. The minimum atomic E-state index is -0.00667. The van der Waals surface area contributed by atoms with Gasteiger partial charge in [0.15, 0.2) is 5.96 Å². The molecule has 0 aliphatic carbocycles. The Morgan fingerprint density at radius 2 is 2.09 bits per heavy atom. The second kappa shape index (κ2) is 9.71. The maximum absolute atomic E-state index is 11.8. The molecule has 1 aliphatic rings. The van der Waals surface area contributed by atoms with Crippen molar-refractivity contribution in [2.75, 3.05) is 27.2 Å². The van der Waals surface area contributed by atoms with E-state index in [2.05, 4.69) is 10.3 Å². The van der Waals surface area contributed by atoms with Crippen molar-refractivity contribution >= 4 is 35.8 Å². The number of guanidine groups is 1. The van der Waals surface area contributed by atoms with Crippen LogP contribution in [0.2, 0.25) is 0 Å². The first-order valence-electron chi connectivity index (χ1n) is 7.52. The van der Waals surface area contributed by atoms with Gasteiger partial charge in [-0.05, 0) is 30.5 Å². The number of ether oxygens (including phenoxy) is 1. The largest absolute Gasteiger partial charge is 0.376 e. The van der Waals surface area contributed by atoms with E-state index < -0.39 is 0 Å². The summed E-state index contributed by atoms with van der Waals surface area (Å²) in [4.78, 5) is 17.6. The maximum Gasteiger partial charge on any atom is 0.253 e. The number of hydrogen-bond acceptors (Lipinski definition) is 3. The van der Waals surface area contributed by atoms with Gasteiger partial charge in [0.1, 0.15) is 0 Å². The summed E-state index contributed by atoms with van der Waals surface area (Å²) in [6.45, 7) is 2.02.